The van der Waals surface area contributed by atoms with Crippen LogP contribution in [-0.2, 0) is 5.41 Å². The van der Waals surface area contributed by atoms with E-state index >= 15 is 0 Å². The molecule has 2 nitrogen and oxygen atoms in total. The lowest BCUT2D eigenvalue weighted by Crippen LogP contribution is -2.48. The van der Waals surface area contributed by atoms with Gasteiger partial charge in [0.25, 0.3) is 0 Å². The number of nitrogens with one attached hydrogen (secondary N) is 1. The molecule has 0 spiro atoms. The molecule has 0 aromatic carbocycles. The SMILES string of the molecule is CC(C)(C)Nc1nc(C23CC4CC(CC(C4)C2)C3)cs1. The van der Waals surface area contributed by atoms with Crippen LogP contribution < -0.4 is 5.32 Å². The van der Waals surface area contributed by atoms with Gasteiger partial charge < -0.3 is 5.32 Å². The quantitative estimate of drug-likeness (QED) is 0.844. The summed E-state index contributed by atoms with van der Waals surface area (Å²) in [6, 6.07) is 0. The van der Waals surface area contributed by atoms with Crippen molar-refractivity contribution >= 4 is 16.5 Å². The molecule has 4 saturated carbocycles. The van der Waals surface area contributed by atoms with Crippen molar-refractivity contribution in [2.24, 2.45) is 17.8 Å². The van der Waals surface area contributed by atoms with E-state index in [2.05, 4.69) is 31.5 Å². The summed E-state index contributed by atoms with van der Waals surface area (Å²) in [6.07, 6.45) is 8.77. The summed E-state index contributed by atoms with van der Waals surface area (Å²) in [4.78, 5) is 4.99. The fourth-order valence-corrected chi connectivity index (χ4v) is 6.36. The number of hydrogen-bond donors (Lipinski definition) is 1. The number of hydrogen-bond acceptors (Lipinski definition) is 3. The van der Waals surface area contributed by atoms with Gasteiger partial charge in [0.15, 0.2) is 5.13 Å². The van der Waals surface area contributed by atoms with Crippen molar-refractivity contribution in [3.63, 3.8) is 0 Å². The third-order valence-corrected chi connectivity index (χ3v) is 6.33. The van der Waals surface area contributed by atoms with Crippen LogP contribution in [0.25, 0.3) is 0 Å². The van der Waals surface area contributed by atoms with Crippen LogP contribution in [0.15, 0.2) is 5.38 Å². The van der Waals surface area contributed by atoms with Crippen LogP contribution in [0.1, 0.15) is 65.0 Å². The molecule has 20 heavy (non-hydrogen) atoms. The van der Waals surface area contributed by atoms with E-state index in [0.29, 0.717) is 5.41 Å². The minimum atomic E-state index is 0.108. The van der Waals surface area contributed by atoms with Gasteiger partial charge in [0.2, 0.25) is 0 Å². The first-order chi connectivity index (χ1) is 9.42. The van der Waals surface area contributed by atoms with Gasteiger partial charge in [0.1, 0.15) is 0 Å². The molecule has 4 bridgehead atoms. The van der Waals surface area contributed by atoms with Crippen LogP contribution in [0.5, 0.6) is 0 Å². The smallest absolute Gasteiger partial charge is 0.183 e. The molecular formula is C17H26N2S. The Morgan fingerprint density at radius 2 is 1.65 bits per heavy atom. The summed E-state index contributed by atoms with van der Waals surface area (Å²) in [5.74, 6) is 3.01. The summed E-state index contributed by atoms with van der Waals surface area (Å²) in [5.41, 5.74) is 1.97. The normalized spacial score (nSPS) is 39.2. The second-order valence-electron chi connectivity index (χ2n) is 8.61. The van der Waals surface area contributed by atoms with E-state index in [9.17, 15) is 0 Å². The Balaban J connectivity index is 1.61. The Hall–Kier alpha value is -0.570. The first-order valence-electron chi connectivity index (χ1n) is 8.16. The molecule has 0 saturated heterocycles. The Bertz CT molecular complexity index is 476. The maximum Gasteiger partial charge on any atom is 0.183 e. The Morgan fingerprint density at radius 3 is 2.15 bits per heavy atom. The van der Waals surface area contributed by atoms with Gasteiger partial charge in [-0.2, -0.15) is 0 Å². The van der Waals surface area contributed by atoms with E-state index in [4.69, 9.17) is 4.98 Å². The predicted octanol–water partition coefficient (Wildman–Crippen LogP) is 4.82. The molecule has 0 radical (unpaired) electrons. The first kappa shape index (κ1) is 13.1. The Labute approximate surface area is 126 Å². The highest BCUT2D eigenvalue weighted by molar-refractivity contribution is 7.13. The van der Waals surface area contributed by atoms with E-state index in [1.807, 2.05) is 0 Å². The number of rotatable bonds is 2. The van der Waals surface area contributed by atoms with Gasteiger partial charge in [0, 0.05) is 16.3 Å². The zero-order valence-corrected chi connectivity index (χ0v) is 13.7. The lowest BCUT2D eigenvalue weighted by molar-refractivity contribution is -0.00688. The average molecular weight is 290 g/mol. The summed E-state index contributed by atoms with van der Waals surface area (Å²) in [5, 5.41) is 7.00. The summed E-state index contributed by atoms with van der Waals surface area (Å²) in [7, 11) is 0. The first-order valence-corrected chi connectivity index (χ1v) is 9.04. The molecule has 5 rings (SSSR count). The van der Waals surface area contributed by atoms with Crippen molar-refractivity contribution in [1.82, 2.24) is 4.98 Å². The zero-order valence-electron chi connectivity index (χ0n) is 12.9. The molecule has 1 heterocycles. The predicted molar refractivity (Wildman–Crippen MR) is 85.3 cm³/mol. The molecule has 4 fully saturated rings. The molecular weight excluding hydrogens is 264 g/mol. The maximum atomic E-state index is 4.99. The maximum absolute atomic E-state index is 4.99. The highest BCUT2D eigenvalue weighted by Gasteiger charge is 2.52. The highest BCUT2D eigenvalue weighted by atomic mass is 32.1. The largest absolute Gasteiger partial charge is 0.357 e. The van der Waals surface area contributed by atoms with Crippen molar-refractivity contribution in [2.45, 2.75) is 70.3 Å². The summed E-state index contributed by atoms with van der Waals surface area (Å²) >= 11 is 1.80. The summed E-state index contributed by atoms with van der Waals surface area (Å²) in [6.45, 7) is 6.62. The third-order valence-electron chi connectivity index (χ3n) is 5.57. The van der Waals surface area contributed by atoms with Gasteiger partial charge in [0.05, 0.1) is 5.69 Å². The standard InChI is InChI=1S/C17H26N2S/c1-16(2,3)19-15-18-14(10-20-15)17-7-11-4-12(8-17)6-13(5-11)9-17/h10-13H,4-9H2,1-3H3,(H,18,19). The third kappa shape index (κ3) is 2.18. The lowest BCUT2D eigenvalue weighted by atomic mass is 9.49. The number of nitrogens with zero attached hydrogens (tertiary/aromatic N) is 1. The van der Waals surface area contributed by atoms with Crippen LogP contribution in [0.3, 0.4) is 0 Å². The second kappa shape index (κ2) is 4.22. The Kier molecular flexibility index (Phi) is 2.77. The van der Waals surface area contributed by atoms with Crippen LogP contribution in [-0.4, -0.2) is 10.5 Å². The van der Waals surface area contributed by atoms with Crippen molar-refractivity contribution in [2.75, 3.05) is 5.32 Å². The molecule has 1 aromatic rings. The van der Waals surface area contributed by atoms with Gasteiger partial charge in [-0.1, -0.05) is 0 Å². The number of thiazole rings is 1. The van der Waals surface area contributed by atoms with E-state index < -0.39 is 0 Å². The molecule has 1 N–H and O–H groups in total. The van der Waals surface area contributed by atoms with Gasteiger partial charge in [-0.25, -0.2) is 4.98 Å². The average Bonchev–Trinajstić information content (AvgIpc) is 2.73. The molecule has 0 aliphatic heterocycles. The van der Waals surface area contributed by atoms with Crippen molar-refractivity contribution in [3.05, 3.63) is 11.1 Å². The van der Waals surface area contributed by atoms with Crippen molar-refractivity contribution < 1.29 is 0 Å². The highest BCUT2D eigenvalue weighted by Crippen LogP contribution is 2.60. The number of aromatic nitrogens is 1. The fraction of sp³-hybridized carbons (Fsp3) is 0.824. The molecule has 1 aromatic heterocycles. The van der Waals surface area contributed by atoms with E-state index in [1.165, 1.54) is 44.2 Å². The fourth-order valence-electron chi connectivity index (χ4n) is 5.32. The molecule has 4 aliphatic carbocycles. The minimum absolute atomic E-state index is 0.108. The van der Waals surface area contributed by atoms with Crippen molar-refractivity contribution in [1.29, 1.82) is 0 Å². The van der Waals surface area contributed by atoms with Crippen LogP contribution in [0.2, 0.25) is 0 Å². The zero-order chi connectivity index (χ0) is 14.0. The van der Waals surface area contributed by atoms with E-state index in [1.54, 1.807) is 11.3 Å². The molecule has 0 atom stereocenters. The van der Waals surface area contributed by atoms with Gasteiger partial charge >= 0.3 is 0 Å². The molecule has 3 heteroatoms. The minimum Gasteiger partial charge on any atom is -0.357 e. The van der Waals surface area contributed by atoms with E-state index in [0.717, 1.165) is 22.9 Å². The second-order valence-corrected chi connectivity index (χ2v) is 9.47. The van der Waals surface area contributed by atoms with Crippen LogP contribution in [0, 0.1) is 17.8 Å². The van der Waals surface area contributed by atoms with Crippen molar-refractivity contribution in [3.8, 4) is 0 Å². The lowest BCUT2D eigenvalue weighted by Gasteiger charge is -2.56. The summed E-state index contributed by atoms with van der Waals surface area (Å²) < 4.78 is 0. The topological polar surface area (TPSA) is 24.9 Å². The van der Waals surface area contributed by atoms with Crippen LogP contribution >= 0.6 is 11.3 Å². The number of anilines is 1. The molecule has 0 unspecified atom stereocenters. The molecule has 4 aliphatic rings. The van der Waals surface area contributed by atoms with Crippen LogP contribution in [0.4, 0.5) is 5.13 Å². The van der Waals surface area contributed by atoms with Gasteiger partial charge in [-0.05, 0) is 77.0 Å². The van der Waals surface area contributed by atoms with Gasteiger partial charge in [-0.3, -0.25) is 0 Å². The monoisotopic (exact) mass is 290 g/mol. The van der Waals surface area contributed by atoms with E-state index in [-0.39, 0.29) is 5.54 Å². The molecule has 110 valence electrons. The van der Waals surface area contributed by atoms with Gasteiger partial charge in [-0.15, -0.1) is 11.3 Å². The molecule has 0 amide bonds. The Morgan fingerprint density at radius 1 is 1.10 bits per heavy atom.